The first-order valence-corrected chi connectivity index (χ1v) is 11.2. The molecule has 0 fully saturated rings. The predicted octanol–water partition coefficient (Wildman–Crippen LogP) is 5.13. The summed E-state index contributed by atoms with van der Waals surface area (Å²) in [6.45, 7) is 7.01. The van der Waals surface area contributed by atoms with Crippen molar-refractivity contribution in [2.45, 2.75) is 45.5 Å². The van der Waals surface area contributed by atoms with Crippen LogP contribution in [-0.2, 0) is 24.4 Å². The number of amides is 1. The van der Waals surface area contributed by atoms with E-state index in [1.807, 2.05) is 54.8 Å². The summed E-state index contributed by atoms with van der Waals surface area (Å²) in [6, 6.07) is 13.4. The maximum Gasteiger partial charge on any atom is 0.234 e. The van der Waals surface area contributed by atoms with Gasteiger partial charge in [0.1, 0.15) is 12.4 Å². The minimum Gasteiger partial charge on any atom is -0.484 e. The first-order chi connectivity index (χ1) is 14.5. The topological polar surface area (TPSA) is 69.0 Å². The Hall–Kier alpha value is -2.51. The number of para-hydroxylation sites is 2. The number of rotatable bonds is 9. The van der Waals surface area contributed by atoms with Gasteiger partial charge in [-0.25, -0.2) is 0 Å². The van der Waals surface area contributed by atoms with Gasteiger partial charge in [0.2, 0.25) is 5.91 Å². The lowest BCUT2D eigenvalue weighted by atomic mass is 10.1. The van der Waals surface area contributed by atoms with Gasteiger partial charge in [0, 0.05) is 12.2 Å². The van der Waals surface area contributed by atoms with Crippen LogP contribution >= 0.6 is 23.4 Å². The smallest absolute Gasteiger partial charge is 0.234 e. The molecule has 1 aromatic heterocycles. The van der Waals surface area contributed by atoms with Crippen LogP contribution < -0.4 is 10.1 Å². The maximum atomic E-state index is 12.5. The fourth-order valence-electron chi connectivity index (χ4n) is 3.06. The van der Waals surface area contributed by atoms with Crippen LogP contribution in [0.25, 0.3) is 0 Å². The zero-order valence-corrected chi connectivity index (χ0v) is 18.9. The Morgan fingerprint density at radius 3 is 2.70 bits per heavy atom. The van der Waals surface area contributed by atoms with E-state index in [-0.39, 0.29) is 18.3 Å². The van der Waals surface area contributed by atoms with E-state index in [9.17, 15) is 4.79 Å². The van der Waals surface area contributed by atoms with E-state index in [0.29, 0.717) is 28.3 Å². The molecule has 30 heavy (non-hydrogen) atoms. The number of anilines is 1. The van der Waals surface area contributed by atoms with Crippen LogP contribution in [0.15, 0.2) is 47.6 Å². The molecule has 3 rings (SSSR count). The Morgan fingerprint density at radius 1 is 1.17 bits per heavy atom. The molecule has 0 spiro atoms. The average molecular weight is 445 g/mol. The van der Waals surface area contributed by atoms with Crippen LogP contribution in [0.1, 0.15) is 30.8 Å². The molecule has 158 valence electrons. The Balaban J connectivity index is 1.62. The van der Waals surface area contributed by atoms with Gasteiger partial charge in [0.05, 0.1) is 10.8 Å². The van der Waals surface area contributed by atoms with E-state index in [1.165, 1.54) is 11.8 Å². The molecule has 0 aliphatic rings. The number of aryl methyl sites for hydroxylation is 2. The summed E-state index contributed by atoms with van der Waals surface area (Å²) in [5, 5.41) is 12.7. The highest BCUT2D eigenvalue weighted by molar-refractivity contribution is 7.99. The lowest BCUT2D eigenvalue weighted by Gasteiger charge is -2.13. The number of ether oxygens (including phenoxy) is 1. The number of nitrogens with zero attached hydrogens (tertiary/aromatic N) is 3. The van der Waals surface area contributed by atoms with Crippen LogP contribution in [0.5, 0.6) is 5.75 Å². The van der Waals surface area contributed by atoms with E-state index >= 15 is 0 Å². The molecule has 1 N–H and O–H groups in total. The molecule has 6 nitrogen and oxygen atoms in total. The van der Waals surface area contributed by atoms with Crippen molar-refractivity contribution in [3.05, 3.63) is 64.4 Å². The maximum absolute atomic E-state index is 12.5. The zero-order valence-electron chi connectivity index (χ0n) is 17.3. The molecule has 0 aliphatic carbocycles. The quantitative estimate of drug-likeness (QED) is 0.463. The van der Waals surface area contributed by atoms with Gasteiger partial charge in [-0.05, 0) is 43.5 Å². The normalized spacial score (nSPS) is 10.8. The summed E-state index contributed by atoms with van der Waals surface area (Å²) in [7, 11) is 0. The fourth-order valence-corrected chi connectivity index (χ4v) is 4.07. The standard InChI is InChI=1S/C22H25ClN4O2S/c1-4-16-10-8-9-15(3)21(16)24-20(28)14-30-22-26-25-19(27(22)5-2)13-29-18-12-7-6-11-17(18)23/h6-12H,4-5,13-14H2,1-3H3,(H,24,28). The zero-order chi connectivity index (χ0) is 21.5. The number of carbonyl (C=O) groups is 1. The van der Waals surface area contributed by atoms with Crippen LogP contribution in [0.4, 0.5) is 5.69 Å². The summed E-state index contributed by atoms with van der Waals surface area (Å²) in [5.74, 6) is 1.47. The van der Waals surface area contributed by atoms with E-state index < -0.39 is 0 Å². The number of aromatic nitrogens is 3. The van der Waals surface area contributed by atoms with Crippen LogP contribution in [0, 0.1) is 6.92 Å². The second-order valence-electron chi connectivity index (χ2n) is 6.66. The third kappa shape index (κ3) is 5.34. The van der Waals surface area contributed by atoms with Crippen LogP contribution in [0.3, 0.4) is 0 Å². The lowest BCUT2D eigenvalue weighted by molar-refractivity contribution is -0.113. The largest absolute Gasteiger partial charge is 0.484 e. The van der Waals surface area contributed by atoms with Gasteiger partial charge in [-0.3, -0.25) is 4.79 Å². The molecule has 0 saturated heterocycles. The highest BCUT2D eigenvalue weighted by Gasteiger charge is 2.15. The molecule has 0 unspecified atom stereocenters. The average Bonchev–Trinajstić information content (AvgIpc) is 3.15. The first-order valence-electron chi connectivity index (χ1n) is 9.84. The van der Waals surface area contributed by atoms with E-state index in [4.69, 9.17) is 16.3 Å². The third-order valence-electron chi connectivity index (χ3n) is 4.64. The Bertz CT molecular complexity index is 1020. The molecule has 0 atom stereocenters. The number of hydrogen-bond donors (Lipinski definition) is 1. The van der Waals surface area contributed by atoms with Crippen LogP contribution in [0.2, 0.25) is 5.02 Å². The summed E-state index contributed by atoms with van der Waals surface area (Å²) in [6.07, 6.45) is 0.864. The minimum absolute atomic E-state index is 0.0662. The number of benzene rings is 2. The Labute approximate surface area is 186 Å². The van der Waals surface area contributed by atoms with Crippen molar-refractivity contribution < 1.29 is 9.53 Å². The SMILES string of the molecule is CCc1cccc(C)c1NC(=O)CSc1nnc(COc2ccccc2Cl)n1CC. The number of nitrogens with one attached hydrogen (secondary N) is 1. The molecule has 0 bridgehead atoms. The van der Waals surface area contributed by atoms with E-state index in [1.54, 1.807) is 6.07 Å². The van der Waals surface area contributed by atoms with Gasteiger partial charge >= 0.3 is 0 Å². The summed E-state index contributed by atoms with van der Waals surface area (Å²) in [5.41, 5.74) is 3.09. The summed E-state index contributed by atoms with van der Waals surface area (Å²) in [4.78, 5) is 12.5. The third-order valence-corrected chi connectivity index (χ3v) is 5.92. The molecule has 0 saturated carbocycles. The minimum atomic E-state index is -0.0662. The molecule has 0 radical (unpaired) electrons. The van der Waals surface area contributed by atoms with Gasteiger partial charge in [-0.15, -0.1) is 10.2 Å². The number of carbonyl (C=O) groups excluding carboxylic acids is 1. The first kappa shape index (κ1) is 22.2. The lowest BCUT2D eigenvalue weighted by Crippen LogP contribution is -2.17. The Morgan fingerprint density at radius 2 is 1.97 bits per heavy atom. The Kier molecular flexibility index (Phi) is 7.76. The van der Waals surface area contributed by atoms with Crippen molar-refractivity contribution >= 4 is 35.0 Å². The van der Waals surface area contributed by atoms with Crippen LogP contribution in [-0.4, -0.2) is 26.4 Å². The van der Waals surface area contributed by atoms with Crippen molar-refractivity contribution in [2.24, 2.45) is 0 Å². The molecule has 3 aromatic rings. The second-order valence-corrected chi connectivity index (χ2v) is 8.01. The molecular formula is C22H25ClN4O2S. The van der Waals surface area contributed by atoms with Crippen molar-refractivity contribution in [3.8, 4) is 5.75 Å². The van der Waals surface area contributed by atoms with E-state index in [0.717, 1.165) is 23.2 Å². The monoisotopic (exact) mass is 444 g/mol. The summed E-state index contributed by atoms with van der Waals surface area (Å²) >= 11 is 7.50. The molecular weight excluding hydrogens is 420 g/mol. The second kappa shape index (κ2) is 10.5. The molecule has 2 aromatic carbocycles. The van der Waals surface area contributed by atoms with Gasteiger partial charge in [-0.1, -0.05) is 60.6 Å². The van der Waals surface area contributed by atoms with Crippen molar-refractivity contribution in [1.82, 2.24) is 14.8 Å². The molecule has 1 heterocycles. The highest BCUT2D eigenvalue weighted by atomic mass is 35.5. The van der Waals surface area contributed by atoms with Crippen molar-refractivity contribution in [1.29, 1.82) is 0 Å². The molecule has 8 heteroatoms. The number of halogens is 1. The summed E-state index contributed by atoms with van der Waals surface area (Å²) < 4.78 is 7.72. The molecule has 1 amide bonds. The van der Waals surface area contributed by atoms with E-state index in [2.05, 4.69) is 22.4 Å². The number of thioether (sulfide) groups is 1. The predicted molar refractivity (Wildman–Crippen MR) is 121 cm³/mol. The van der Waals surface area contributed by atoms with Gasteiger partial charge in [-0.2, -0.15) is 0 Å². The van der Waals surface area contributed by atoms with Gasteiger partial charge in [0.25, 0.3) is 0 Å². The van der Waals surface area contributed by atoms with Crippen molar-refractivity contribution in [3.63, 3.8) is 0 Å². The fraction of sp³-hybridized carbons (Fsp3) is 0.318. The molecule has 0 aliphatic heterocycles. The number of hydrogen-bond acceptors (Lipinski definition) is 5. The van der Waals surface area contributed by atoms with Crippen molar-refractivity contribution in [2.75, 3.05) is 11.1 Å². The van der Waals surface area contributed by atoms with Gasteiger partial charge in [0.15, 0.2) is 11.0 Å². The van der Waals surface area contributed by atoms with Gasteiger partial charge < -0.3 is 14.6 Å². The highest BCUT2D eigenvalue weighted by Crippen LogP contribution is 2.25.